The van der Waals surface area contributed by atoms with Crippen molar-refractivity contribution in [1.29, 1.82) is 0 Å². The Balaban J connectivity index is 2.21. The standard InChI is InChI=1S/C19H20FNO6S/c1-3-25-18(23)15-13(16(28-17(15)21)19(24)26-4-2)10-27-14(22)9-11-5-7-12(20)8-6-11/h5-8H,3-4,9-10,21H2,1-2H3. The highest BCUT2D eigenvalue weighted by Gasteiger charge is 2.28. The molecule has 0 radical (unpaired) electrons. The van der Waals surface area contributed by atoms with Crippen LogP contribution in [0.3, 0.4) is 0 Å². The largest absolute Gasteiger partial charge is 0.462 e. The van der Waals surface area contributed by atoms with Gasteiger partial charge in [0, 0.05) is 5.56 Å². The number of ether oxygens (including phenoxy) is 3. The lowest BCUT2D eigenvalue weighted by molar-refractivity contribution is -0.144. The van der Waals surface area contributed by atoms with Crippen LogP contribution < -0.4 is 5.73 Å². The highest BCUT2D eigenvalue weighted by Crippen LogP contribution is 2.33. The average Bonchev–Trinajstić information content (AvgIpc) is 2.99. The summed E-state index contributed by atoms with van der Waals surface area (Å²) in [6.45, 7) is 3.18. The van der Waals surface area contributed by atoms with E-state index in [1.807, 2.05) is 0 Å². The number of thiophene rings is 1. The minimum Gasteiger partial charge on any atom is -0.462 e. The van der Waals surface area contributed by atoms with Gasteiger partial charge in [-0.2, -0.15) is 0 Å². The molecule has 0 spiro atoms. The molecular formula is C19H20FNO6S. The van der Waals surface area contributed by atoms with Crippen molar-refractivity contribution in [1.82, 2.24) is 0 Å². The second-order valence-electron chi connectivity index (χ2n) is 5.55. The third-order valence-corrected chi connectivity index (χ3v) is 4.66. The van der Waals surface area contributed by atoms with E-state index in [1.54, 1.807) is 13.8 Å². The second-order valence-corrected chi connectivity index (χ2v) is 6.61. The number of nitrogen functional groups attached to an aromatic ring is 1. The van der Waals surface area contributed by atoms with E-state index < -0.39 is 23.7 Å². The molecule has 0 bridgehead atoms. The van der Waals surface area contributed by atoms with Gasteiger partial charge in [0.05, 0.1) is 19.6 Å². The number of nitrogens with two attached hydrogens (primary N) is 1. The number of hydrogen-bond donors (Lipinski definition) is 1. The van der Waals surface area contributed by atoms with Crippen molar-refractivity contribution in [2.75, 3.05) is 18.9 Å². The summed E-state index contributed by atoms with van der Waals surface area (Å²) in [6, 6.07) is 5.40. The highest BCUT2D eigenvalue weighted by molar-refractivity contribution is 7.18. The maximum atomic E-state index is 12.9. The molecule has 1 aromatic heterocycles. The first kappa shape index (κ1) is 21.4. The fraction of sp³-hybridized carbons (Fsp3) is 0.316. The Hall–Kier alpha value is -2.94. The van der Waals surface area contributed by atoms with Gasteiger partial charge in [-0.1, -0.05) is 12.1 Å². The Morgan fingerprint density at radius 2 is 1.61 bits per heavy atom. The SMILES string of the molecule is CCOC(=O)c1sc(N)c(C(=O)OCC)c1COC(=O)Cc1ccc(F)cc1. The van der Waals surface area contributed by atoms with Crippen LogP contribution in [-0.2, 0) is 32.0 Å². The van der Waals surface area contributed by atoms with Crippen molar-refractivity contribution in [3.8, 4) is 0 Å². The van der Waals surface area contributed by atoms with Crippen LogP contribution in [0.5, 0.6) is 0 Å². The molecule has 0 aliphatic heterocycles. The molecular weight excluding hydrogens is 389 g/mol. The fourth-order valence-corrected chi connectivity index (χ4v) is 3.34. The molecule has 0 saturated heterocycles. The van der Waals surface area contributed by atoms with Gasteiger partial charge >= 0.3 is 17.9 Å². The Labute approximate surface area is 165 Å². The van der Waals surface area contributed by atoms with Crippen LogP contribution in [0.25, 0.3) is 0 Å². The Kier molecular flexibility index (Phi) is 7.51. The minimum atomic E-state index is -0.712. The van der Waals surface area contributed by atoms with E-state index in [0.717, 1.165) is 11.3 Å². The van der Waals surface area contributed by atoms with Gasteiger partial charge in [-0.05, 0) is 31.5 Å². The zero-order chi connectivity index (χ0) is 20.7. The quantitative estimate of drug-likeness (QED) is 0.527. The smallest absolute Gasteiger partial charge is 0.348 e. The molecule has 28 heavy (non-hydrogen) atoms. The molecule has 1 heterocycles. The van der Waals surface area contributed by atoms with Crippen molar-refractivity contribution in [2.45, 2.75) is 26.9 Å². The average molecular weight is 409 g/mol. The second kappa shape index (κ2) is 9.84. The monoisotopic (exact) mass is 409 g/mol. The Morgan fingerprint density at radius 3 is 2.21 bits per heavy atom. The molecule has 0 atom stereocenters. The molecule has 0 saturated carbocycles. The number of rotatable bonds is 8. The van der Waals surface area contributed by atoms with Crippen LogP contribution in [0.15, 0.2) is 24.3 Å². The third kappa shape index (κ3) is 5.29. The molecule has 0 amide bonds. The van der Waals surface area contributed by atoms with Gasteiger partial charge in [-0.25, -0.2) is 14.0 Å². The van der Waals surface area contributed by atoms with Gasteiger partial charge in [0.2, 0.25) is 0 Å². The Morgan fingerprint density at radius 1 is 1.00 bits per heavy atom. The zero-order valence-corrected chi connectivity index (χ0v) is 16.3. The van der Waals surface area contributed by atoms with Crippen molar-refractivity contribution in [3.05, 3.63) is 51.7 Å². The van der Waals surface area contributed by atoms with Gasteiger partial charge in [0.25, 0.3) is 0 Å². The predicted molar refractivity (Wildman–Crippen MR) is 101 cm³/mol. The summed E-state index contributed by atoms with van der Waals surface area (Å²) in [5.74, 6) is -2.40. The number of halogens is 1. The van der Waals surface area contributed by atoms with Gasteiger partial charge in [-0.3, -0.25) is 4.79 Å². The number of carbonyl (C=O) groups is 3. The first-order valence-electron chi connectivity index (χ1n) is 8.52. The molecule has 0 aliphatic rings. The summed E-state index contributed by atoms with van der Waals surface area (Å²) >= 11 is 0.870. The van der Waals surface area contributed by atoms with E-state index in [4.69, 9.17) is 19.9 Å². The summed E-state index contributed by atoms with van der Waals surface area (Å²) in [4.78, 5) is 36.6. The van der Waals surface area contributed by atoms with Crippen LogP contribution in [0.4, 0.5) is 9.39 Å². The first-order valence-corrected chi connectivity index (χ1v) is 9.34. The zero-order valence-electron chi connectivity index (χ0n) is 15.5. The number of benzene rings is 1. The normalized spacial score (nSPS) is 10.4. The van der Waals surface area contributed by atoms with E-state index in [2.05, 4.69) is 0 Å². The molecule has 150 valence electrons. The van der Waals surface area contributed by atoms with Crippen LogP contribution in [0.2, 0.25) is 0 Å². The van der Waals surface area contributed by atoms with Crippen molar-refractivity contribution >= 4 is 34.2 Å². The summed E-state index contributed by atoms with van der Waals surface area (Å²) in [5, 5.41) is 0.0751. The molecule has 7 nitrogen and oxygen atoms in total. The summed E-state index contributed by atoms with van der Waals surface area (Å²) in [6.07, 6.45) is -0.0939. The van der Waals surface area contributed by atoms with Crippen molar-refractivity contribution in [2.24, 2.45) is 0 Å². The molecule has 0 aliphatic carbocycles. The van der Waals surface area contributed by atoms with Crippen molar-refractivity contribution < 1.29 is 33.0 Å². The maximum absolute atomic E-state index is 12.9. The number of hydrogen-bond acceptors (Lipinski definition) is 8. The van der Waals surface area contributed by atoms with Gasteiger partial charge in [-0.15, -0.1) is 11.3 Å². The lowest BCUT2D eigenvalue weighted by Gasteiger charge is -2.09. The van der Waals surface area contributed by atoms with E-state index in [0.29, 0.717) is 5.56 Å². The summed E-state index contributed by atoms with van der Waals surface area (Å²) in [5.41, 5.74) is 6.58. The van der Waals surface area contributed by atoms with E-state index >= 15 is 0 Å². The lowest BCUT2D eigenvalue weighted by Crippen LogP contribution is -2.14. The van der Waals surface area contributed by atoms with Crippen LogP contribution in [0, 0.1) is 5.82 Å². The summed E-state index contributed by atoms with van der Waals surface area (Å²) < 4.78 is 28.1. The molecule has 2 aromatic rings. The van der Waals surface area contributed by atoms with E-state index in [1.165, 1.54) is 24.3 Å². The van der Waals surface area contributed by atoms with E-state index in [-0.39, 0.29) is 47.2 Å². The van der Waals surface area contributed by atoms with Crippen LogP contribution in [-0.4, -0.2) is 31.1 Å². The molecule has 2 N–H and O–H groups in total. The highest BCUT2D eigenvalue weighted by atomic mass is 32.1. The maximum Gasteiger partial charge on any atom is 0.348 e. The summed E-state index contributed by atoms with van der Waals surface area (Å²) in [7, 11) is 0. The number of carbonyl (C=O) groups excluding carboxylic acids is 3. The van der Waals surface area contributed by atoms with Gasteiger partial charge < -0.3 is 19.9 Å². The molecule has 0 fully saturated rings. The fourth-order valence-electron chi connectivity index (χ4n) is 2.38. The van der Waals surface area contributed by atoms with Crippen molar-refractivity contribution in [3.63, 3.8) is 0 Å². The molecule has 0 unspecified atom stereocenters. The molecule has 1 aromatic carbocycles. The molecule has 9 heteroatoms. The lowest BCUT2D eigenvalue weighted by atomic mass is 10.1. The number of esters is 3. The topological polar surface area (TPSA) is 105 Å². The predicted octanol–water partition coefficient (Wildman–Crippen LogP) is 3.11. The molecule has 2 rings (SSSR count). The minimum absolute atomic E-state index is 0.00974. The first-order chi connectivity index (χ1) is 13.4. The Bertz CT molecular complexity index is 862. The van der Waals surface area contributed by atoms with E-state index in [9.17, 15) is 18.8 Å². The van der Waals surface area contributed by atoms with Gasteiger partial charge in [0.15, 0.2) is 0 Å². The number of anilines is 1. The van der Waals surface area contributed by atoms with Gasteiger partial charge in [0.1, 0.15) is 27.9 Å². The van der Waals surface area contributed by atoms with Crippen LogP contribution >= 0.6 is 11.3 Å². The van der Waals surface area contributed by atoms with Crippen LogP contribution in [0.1, 0.15) is 45.0 Å². The third-order valence-electron chi connectivity index (χ3n) is 3.61.